The molecule has 0 heterocycles. The number of halogens is 1. The fraction of sp³-hybridized carbons (Fsp3) is 0.435. The largest absolute Gasteiger partial charge is 0.481 e. The number of carboxylic acids is 1. The van der Waals surface area contributed by atoms with E-state index in [1.54, 1.807) is 12.1 Å². The molecule has 2 aromatic carbocycles. The van der Waals surface area contributed by atoms with Gasteiger partial charge in [-0.1, -0.05) is 56.3 Å². The number of benzene rings is 2. The van der Waals surface area contributed by atoms with E-state index in [9.17, 15) is 9.90 Å². The first-order valence-electron chi connectivity index (χ1n) is 9.39. The van der Waals surface area contributed by atoms with Crippen molar-refractivity contribution < 1.29 is 15.0 Å². The van der Waals surface area contributed by atoms with Gasteiger partial charge in [0.15, 0.2) is 0 Å². The smallest absolute Gasteiger partial charge is 0.303 e. The third kappa shape index (κ3) is 5.27. The molecule has 2 aliphatic rings. The molecule has 0 amide bonds. The van der Waals surface area contributed by atoms with Crippen LogP contribution in [0.1, 0.15) is 62.1 Å². The maximum Gasteiger partial charge on any atom is 0.303 e. The van der Waals surface area contributed by atoms with Gasteiger partial charge in [0.2, 0.25) is 0 Å². The van der Waals surface area contributed by atoms with E-state index in [2.05, 4.69) is 19.1 Å². The molecule has 3 atom stereocenters. The SMILES string of the molecule is C.C[C@H]1c2ccccc2C[C@H]1O.Nc1cc([C@@H](CC(=O)O)C2CC2)ccc1Cl. The molecule has 0 bridgehead atoms. The van der Waals surface area contributed by atoms with Crippen LogP contribution in [0.25, 0.3) is 0 Å². The van der Waals surface area contributed by atoms with Crippen LogP contribution in [0, 0.1) is 5.92 Å². The van der Waals surface area contributed by atoms with Crippen molar-refractivity contribution in [3.8, 4) is 0 Å². The van der Waals surface area contributed by atoms with Crippen LogP contribution in [0.4, 0.5) is 5.69 Å². The van der Waals surface area contributed by atoms with Crippen molar-refractivity contribution in [2.75, 3.05) is 5.73 Å². The number of rotatable bonds is 4. The normalized spacial score (nSPS) is 21.0. The van der Waals surface area contributed by atoms with Crippen LogP contribution < -0.4 is 5.73 Å². The highest BCUT2D eigenvalue weighted by Crippen LogP contribution is 2.45. The van der Waals surface area contributed by atoms with Crippen molar-refractivity contribution in [1.82, 2.24) is 0 Å². The predicted octanol–water partition coefficient (Wildman–Crippen LogP) is 5.23. The van der Waals surface area contributed by atoms with Gasteiger partial charge in [-0.05, 0) is 59.9 Å². The van der Waals surface area contributed by atoms with Gasteiger partial charge in [-0.15, -0.1) is 0 Å². The lowest BCUT2D eigenvalue weighted by molar-refractivity contribution is -0.137. The Kier molecular flexibility index (Phi) is 7.50. The minimum absolute atomic E-state index is 0. The first-order chi connectivity index (χ1) is 12.9. The summed E-state index contributed by atoms with van der Waals surface area (Å²) < 4.78 is 0. The highest BCUT2D eigenvalue weighted by atomic mass is 35.5. The Morgan fingerprint density at radius 3 is 2.50 bits per heavy atom. The Hall–Kier alpha value is -2.04. The average Bonchev–Trinajstić information content (AvgIpc) is 3.43. The molecule has 2 aromatic rings. The fourth-order valence-electron chi connectivity index (χ4n) is 3.81. The number of aliphatic hydroxyl groups is 1. The molecule has 1 saturated carbocycles. The molecule has 28 heavy (non-hydrogen) atoms. The Balaban J connectivity index is 0.000000205. The van der Waals surface area contributed by atoms with Crippen LogP contribution in [-0.2, 0) is 11.2 Å². The summed E-state index contributed by atoms with van der Waals surface area (Å²) in [5, 5.41) is 18.9. The van der Waals surface area contributed by atoms with E-state index in [1.165, 1.54) is 11.1 Å². The third-order valence-corrected chi connectivity index (χ3v) is 5.93. The lowest BCUT2D eigenvalue weighted by atomic mass is 9.91. The monoisotopic (exact) mass is 403 g/mol. The van der Waals surface area contributed by atoms with Crippen LogP contribution in [-0.4, -0.2) is 22.3 Å². The lowest BCUT2D eigenvalue weighted by Crippen LogP contribution is -2.09. The van der Waals surface area contributed by atoms with Crippen molar-refractivity contribution in [3.63, 3.8) is 0 Å². The van der Waals surface area contributed by atoms with Crippen LogP contribution >= 0.6 is 11.6 Å². The van der Waals surface area contributed by atoms with E-state index in [0.29, 0.717) is 22.5 Å². The van der Waals surface area contributed by atoms with Gasteiger partial charge in [0.25, 0.3) is 0 Å². The zero-order valence-corrected chi connectivity index (χ0v) is 16.2. The molecule has 4 N–H and O–H groups in total. The van der Waals surface area contributed by atoms with Crippen LogP contribution in [0.2, 0.25) is 5.02 Å². The Morgan fingerprint density at radius 1 is 1.25 bits per heavy atom. The number of hydrogen-bond acceptors (Lipinski definition) is 3. The van der Waals surface area contributed by atoms with Crippen molar-refractivity contribution in [2.45, 2.75) is 58.0 Å². The van der Waals surface area contributed by atoms with Gasteiger partial charge in [-0.25, -0.2) is 0 Å². The Bertz CT molecular complexity index is 819. The molecular weight excluding hydrogens is 374 g/mol. The van der Waals surface area contributed by atoms with Crippen LogP contribution in [0.5, 0.6) is 0 Å². The summed E-state index contributed by atoms with van der Waals surface area (Å²) in [6, 6.07) is 13.7. The molecule has 1 fully saturated rings. The number of nitrogens with two attached hydrogens (primary N) is 1. The second-order valence-corrected chi connectivity index (χ2v) is 7.99. The fourth-order valence-corrected chi connectivity index (χ4v) is 3.93. The quantitative estimate of drug-likeness (QED) is 0.610. The molecule has 0 radical (unpaired) electrons. The second-order valence-electron chi connectivity index (χ2n) is 7.58. The first kappa shape index (κ1) is 22.3. The number of aliphatic carboxylic acids is 1. The summed E-state index contributed by atoms with van der Waals surface area (Å²) in [6.45, 7) is 2.08. The standard InChI is InChI=1S/C12H14ClNO2.C10H12O.CH4/c13-10-4-3-8(5-11(10)14)9(6-12(15)16)7-1-2-7;1-7-9-5-3-2-4-8(9)6-10(7)11;/h3-5,7,9H,1-2,6,14H2,(H,15,16);2-5,7,10-11H,6H2,1H3;1H4/t9-;7-,10+;/m00./s1. The third-order valence-electron chi connectivity index (χ3n) is 5.59. The van der Waals surface area contributed by atoms with Gasteiger partial charge >= 0.3 is 5.97 Å². The molecule has 2 aliphatic carbocycles. The van der Waals surface area contributed by atoms with E-state index < -0.39 is 5.97 Å². The van der Waals surface area contributed by atoms with E-state index in [1.807, 2.05) is 18.2 Å². The summed E-state index contributed by atoms with van der Waals surface area (Å²) >= 11 is 5.84. The molecule has 4 nitrogen and oxygen atoms in total. The summed E-state index contributed by atoms with van der Waals surface area (Å²) in [7, 11) is 0. The van der Waals surface area contributed by atoms with E-state index in [0.717, 1.165) is 24.8 Å². The molecular formula is C23H30ClNO3. The predicted molar refractivity (Wildman–Crippen MR) is 115 cm³/mol. The molecule has 0 saturated heterocycles. The van der Waals surface area contributed by atoms with E-state index in [4.69, 9.17) is 22.4 Å². The molecule has 152 valence electrons. The number of hydrogen-bond donors (Lipinski definition) is 3. The van der Waals surface area contributed by atoms with Crippen molar-refractivity contribution in [2.24, 2.45) is 5.92 Å². The second kappa shape index (κ2) is 9.44. The van der Waals surface area contributed by atoms with Gasteiger partial charge in [-0.2, -0.15) is 0 Å². The Morgan fingerprint density at radius 2 is 1.93 bits per heavy atom. The van der Waals surface area contributed by atoms with Crippen molar-refractivity contribution >= 4 is 23.3 Å². The molecule has 5 heteroatoms. The van der Waals surface area contributed by atoms with Crippen molar-refractivity contribution in [3.05, 3.63) is 64.2 Å². The number of carbonyl (C=O) groups is 1. The molecule has 0 unspecified atom stereocenters. The zero-order chi connectivity index (χ0) is 19.6. The van der Waals surface area contributed by atoms with Crippen molar-refractivity contribution in [1.29, 1.82) is 0 Å². The average molecular weight is 404 g/mol. The summed E-state index contributed by atoms with van der Waals surface area (Å²) in [4.78, 5) is 10.8. The number of fused-ring (bicyclic) bond motifs is 1. The number of anilines is 1. The topological polar surface area (TPSA) is 83.5 Å². The molecule has 0 aromatic heterocycles. The maximum absolute atomic E-state index is 10.8. The first-order valence-corrected chi connectivity index (χ1v) is 9.77. The number of nitrogen functional groups attached to an aromatic ring is 1. The maximum atomic E-state index is 10.8. The summed E-state index contributed by atoms with van der Waals surface area (Å²) in [6.07, 6.45) is 3.07. The highest BCUT2D eigenvalue weighted by molar-refractivity contribution is 6.33. The van der Waals surface area contributed by atoms with Gasteiger partial charge in [0.1, 0.15) is 0 Å². The van der Waals surface area contributed by atoms with Gasteiger partial charge in [-0.3, -0.25) is 4.79 Å². The molecule has 0 spiro atoms. The van der Waals surface area contributed by atoms with E-state index in [-0.39, 0.29) is 25.9 Å². The van der Waals surface area contributed by atoms with Crippen LogP contribution in [0.3, 0.4) is 0 Å². The minimum Gasteiger partial charge on any atom is -0.481 e. The van der Waals surface area contributed by atoms with Gasteiger partial charge in [0.05, 0.1) is 23.2 Å². The van der Waals surface area contributed by atoms with Gasteiger partial charge < -0.3 is 15.9 Å². The minimum atomic E-state index is -0.759. The zero-order valence-electron chi connectivity index (χ0n) is 15.4. The summed E-state index contributed by atoms with van der Waals surface area (Å²) in [5.74, 6) is 0.144. The number of carboxylic acid groups (broad SMARTS) is 1. The lowest BCUT2D eigenvalue weighted by Gasteiger charge is -2.15. The molecule has 4 rings (SSSR count). The number of aliphatic hydroxyl groups excluding tert-OH is 1. The highest BCUT2D eigenvalue weighted by Gasteiger charge is 2.33. The summed E-state index contributed by atoms with van der Waals surface area (Å²) in [5.41, 5.74) is 9.88. The van der Waals surface area contributed by atoms with Crippen LogP contribution in [0.15, 0.2) is 42.5 Å². The molecule has 0 aliphatic heterocycles. The van der Waals surface area contributed by atoms with Gasteiger partial charge in [0, 0.05) is 5.92 Å². The van der Waals surface area contributed by atoms with E-state index >= 15 is 0 Å². The Labute approximate surface area is 172 Å².